The maximum Gasteiger partial charge on any atom is 0.253 e. The van der Waals surface area contributed by atoms with Gasteiger partial charge in [-0.25, -0.2) is 0 Å². The van der Waals surface area contributed by atoms with Gasteiger partial charge in [0.25, 0.3) is 5.91 Å². The number of carbonyl (C=O) groups is 1. The molecule has 0 radical (unpaired) electrons. The van der Waals surface area contributed by atoms with Gasteiger partial charge in [0, 0.05) is 23.5 Å². The molecule has 1 aromatic heterocycles. The lowest BCUT2D eigenvalue weighted by atomic mass is 10.2. The van der Waals surface area contributed by atoms with Crippen molar-refractivity contribution in [3.63, 3.8) is 0 Å². The van der Waals surface area contributed by atoms with Crippen molar-refractivity contribution in [2.75, 3.05) is 19.5 Å². The van der Waals surface area contributed by atoms with Crippen LogP contribution >= 0.6 is 11.6 Å². The van der Waals surface area contributed by atoms with Crippen LogP contribution in [0, 0.1) is 0 Å². The minimum absolute atomic E-state index is 0.220. The zero-order chi connectivity index (χ0) is 19.9. The Morgan fingerprint density at radius 1 is 0.964 bits per heavy atom. The summed E-state index contributed by atoms with van der Waals surface area (Å²) >= 11 is 5.89. The molecule has 3 aromatic rings. The largest absolute Gasteiger partial charge is 0.493 e. The highest BCUT2D eigenvalue weighted by Crippen LogP contribution is 2.27. The van der Waals surface area contributed by atoms with E-state index in [1.54, 1.807) is 44.7 Å². The number of ether oxygens (including phenoxy) is 2. The monoisotopic (exact) mass is 397 g/mol. The van der Waals surface area contributed by atoms with E-state index < -0.39 is 0 Å². The highest BCUT2D eigenvalue weighted by molar-refractivity contribution is 6.30. The third-order valence-electron chi connectivity index (χ3n) is 4.03. The predicted molar refractivity (Wildman–Crippen MR) is 110 cm³/mol. The van der Waals surface area contributed by atoms with E-state index in [1.165, 1.54) is 6.20 Å². The molecule has 0 bridgehead atoms. The minimum atomic E-state index is -0.220. The second-order valence-electron chi connectivity index (χ2n) is 5.97. The fraction of sp³-hybridized carbons (Fsp3) is 0.143. The number of nitrogens with zero attached hydrogens (tertiary/aromatic N) is 1. The molecule has 0 atom stereocenters. The lowest BCUT2D eigenvalue weighted by Gasteiger charge is -2.11. The van der Waals surface area contributed by atoms with Gasteiger partial charge in [0.05, 0.1) is 31.7 Å². The summed E-state index contributed by atoms with van der Waals surface area (Å²) in [7, 11) is 3.16. The van der Waals surface area contributed by atoms with Crippen molar-refractivity contribution in [2.45, 2.75) is 6.54 Å². The number of halogens is 1. The van der Waals surface area contributed by atoms with E-state index in [1.807, 2.05) is 24.3 Å². The number of amides is 1. The molecule has 0 aliphatic rings. The molecule has 0 aliphatic heterocycles. The molecular formula is C21H20ClN3O3. The van der Waals surface area contributed by atoms with Gasteiger partial charge in [0.15, 0.2) is 11.5 Å². The van der Waals surface area contributed by atoms with Gasteiger partial charge >= 0.3 is 0 Å². The molecular weight excluding hydrogens is 378 g/mol. The second kappa shape index (κ2) is 9.10. The zero-order valence-corrected chi connectivity index (χ0v) is 16.3. The number of hydrogen-bond acceptors (Lipinski definition) is 5. The Labute approximate surface area is 168 Å². The number of aromatic nitrogens is 1. The van der Waals surface area contributed by atoms with Gasteiger partial charge in [0.1, 0.15) is 0 Å². The van der Waals surface area contributed by atoms with Crippen LogP contribution in [0.15, 0.2) is 60.9 Å². The summed E-state index contributed by atoms with van der Waals surface area (Å²) in [6.07, 6.45) is 3.18. The van der Waals surface area contributed by atoms with E-state index in [-0.39, 0.29) is 5.91 Å². The molecule has 28 heavy (non-hydrogen) atoms. The Bertz CT molecular complexity index is 961. The highest BCUT2D eigenvalue weighted by atomic mass is 35.5. The van der Waals surface area contributed by atoms with Gasteiger partial charge in [-0.2, -0.15) is 0 Å². The number of carbonyl (C=O) groups excluding carboxylic acids is 1. The van der Waals surface area contributed by atoms with Gasteiger partial charge in [-0.15, -0.1) is 0 Å². The lowest BCUT2D eigenvalue weighted by molar-refractivity contribution is 0.0950. The average molecular weight is 398 g/mol. The van der Waals surface area contributed by atoms with Crippen LogP contribution < -0.4 is 20.1 Å². The van der Waals surface area contributed by atoms with Crippen molar-refractivity contribution < 1.29 is 14.3 Å². The van der Waals surface area contributed by atoms with Gasteiger partial charge in [-0.3, -0.25) is 9.78 Å². The molecule has 0 spiro atoms. The van der Waals surface area contributed by atoms with E-state index >= 15 is 0 Å². The fourth-order valence-corrected chi connectivity index (χ4v) is 2.73. The number of nitrogens with one attached hydrogen (secondary N) is 2. The Hall–Kier alpha value is -3.25. The SMILES string of the molecule is COc1ccc(CNC(=O)c2cncc(Nc3ccc(Cl)cc3)c2)cc1OC. The van der Waals surface area contributed by atoms with Crippen molar-refractivity contribution in [1.29, 1.82) is 0 Å². The number of rotatable bonds is 7. The molecule has 7 heteroatoms. The first-order valence-electron chi connectivity index (χ1n) is 8.56. The van der Waals surface area contributed by atoms with E-state index in [0.717, 1.165) is 11.3 Å². The van der Waals surface area contributed by atoms with Gasteiger partial charge in [0.2, 0.25) is 0 Å². The first-order valence-corrected chi connectivity index (χ1v) is 8.93. The summed E-state index contributed by atoms with van der Waals surface area (Å²) in [5, 5.41) is 6.74. The quantitative estimate of drug-likeness (QED) is 0.617. The fourth-order valence-electron chi connectivity index (χ4n) is 2.61. The van der Waals surface area contributed by atoms with Crippen LogP contribution in [0.3, 0.4) is 0 Å². The van der Waals surface area contributed by atoms with Crippen LogP contribution in [0.4, 0.5) is 11.4 Å². The molecule has 6 nitrogen and oxygen atoms in total. The Kier molecular flexibility index (Phi) is 6.34. The number of methoxy groups -OCH3 is 2. The van der Waals surface area contributed by atoms with Crippen LogP contribution in [0.1, 0.15) is 15.9 Å². The minimum Gasteiger partial charge on any atom is -0.493 e. The van der Waals surface area contributed by atoms with Crippen LogP contribution in [0.25, 0.3) is 0 Å². The Morgan fingerprint density at radius 3 is 2.43 bits per heavy atom. The molecule has 1 amide bonds. The third-order valence-corrected chi connectivity index (χ3v) is 4.29. The molecule has 1 heterocycles. The molecule has 0 aliphatic carbocycles. The summed E-state index contributed by atoms with van der Waals surface area (Å²) in [6, 6.07) is 14.5. The maximum atomic E-state index is 12.5. The predicted octanol–water partition coefficient (Wildman–Crippen LogP) is 4.43. The standard InChI is InChI=1S/C21H20ClN3O3/c1-27-19-8-3-14(9-20(19)28-2)11-24-21(26)15-10-18(13-23-12-15)25-17-6-4-16(22)5-7-17/h3-10,12-13,25H,11H2,1-2H3,(H,24,26). The molecule has 0 saturated heterocycles. The first-order chi connectivity index (χ1) is 13.6. The van der Waals surface area contributed by atoms with Crippen molar-refractivity contribution in [3.8, 4) is 11.5 Å². The van der Waals surface area contributed by atoms with Crippen LogP contribution in [-0.4, -0.2) is 25.1 Å². The molecule has 2 N–H and O–H groups in total. The van der Waals surface area contributed by atoms with Crippen LogP contribution in [0.5, 0.6) is 11.5 Å². The summed E-state index contributed by atoms with van der Waals surface area (Å²) in [6.45, 7) is 0.355. The van der Waals surface area contributed by atoms with Crippen molar-refractivity contribution in [1.82, 2.24) is 10.3 Å². The molecule has 0 unspecified atom stereocenters. The smallest absolute Gasteiger partial charge is 0.253 e. The Balaban J connectivity index is 1.65. The number of anilines is 2. The van der Waals surface area contributed by atoms with Gasteiger partial charge in [-0.1, -0.05) is 17.7 Å². The van der Waals surface area contributed by atoms with Crippen molar-refractivity contribution in [2.24, 2.45) is 0 Å². The number of benzene rings is 2. The zero-order valence-electron chi connectivity index (χ0n) is 15.5. The average Bonchev–Trinajstić information content (AvgIpc) is 2.73. The molecule has 144 valence electrons. The molecule has 0 fully saturated rings. The van der Waals surface area contributed by atoms with E-state index in [9.17, 15) is 4.79 Å². The van der Waals surface area contributed by atoms with Crippen molar-refractivity contribution in [3.05, 3.63) is 77.1 Å². The van der Waals surface area contributed by atoms with Crippen LogP contribution in [-0.2, 0) is 6.54 Å². The summed E-state index contributed by atoms with van der Waals surface area (Å²) in [5.41, 5.74) is 2.92. The summed E-state index contributed by atoms with van der Waals surface area (Å²) in [4.78, 5) is 16.6. The summed E-state index contributed by atoms with van der Waals surface area (Å²) in [5.74, 6) is 1.04. The highest BCUT2D eigenvalue weighted by Gasteiger charge is 2.09. The van der Waals surface area contributed by atoms with E-state index in [0.29, 0.717) is 34.3 Å². The maximum absolute atomic E-state index is 12.5. The first kappa shape index (κ1) is 19.5. The van der Waals surface area contributed by atoms with Gasteiger partial charge < -0.3 is 20.1 Å². The van der Waals surface area contributed by atoms with E-state index in [4.69, 9.17) is 21.1 Å². The third kappa shape index (κ3) is 4.92. The second-order valence-corrected chi connectivity index (χ2v) is 6.40. The number of pyridine rings is 1. The molecule has 0 saturated carbocycles. The topological polar surface area (TPSA) is 72.5 Å². The lowest BCUT2D eigenvalue weighted by Crippen LogP contribution is -2.23. The van der Waals surface area contributed by atoms with Gasteiger partial charge in [-0.05, 0) is 48.0 Å². The molecule has 3 rings (SSSR count). The molecule has 2 aromatic carbocycles. The van der Waals surface area contributed by atoms with Crippen molar-refractivity contribution >= 4 is 28.9 Å². The van der Waals surface area contributed by atoms with E-state index in [2.05, 4.69) is 15.6 Å². The van der Waals surface area contributed by atoms with Crippen LogP contribution in [0.2, 0.25) is 5.02 Å². The normalized spacial score (nSPS) is 10.2. The number of hydrogen-bond donors (Lipinski definition) is 2. The Morgan fingerprint density at radius 2 is 1.71 bits per heavy atom. The summed E-state index contributed by atoms with van der Waals surface area (Å²) < 4.78 is 10.5.